The van der Waals surface area contributed by atoms with Crippen LogP contribution in [0.15, 0.2) is 11.8 Å². The number of unbranched alkanes of at least 4 members (excludes halogenated alkanes) is 2. The molecule has 1 amide bonds. The number of carboxylic acid groups (broad SMARTS) is 1. The van der Waals surface area contributed by atoms with Crippen molar-refractivity contribution in [3.05, 3.63) is 11.8 Å². The Morgan fingerprint density at radius 3 is 2.42 bits per heavy atom. The van der Waals surface area contributed by atoms with Crippen LogP contribution >= 0.6 is 11.6 Å². The van der Waals surface area contributed by atoms with Gasteiger partial charge in [0, 0.05) is 11.8 Å². The van der Waals surface area contributed by atoms with Crippen molar-refractivity contribution in [3.8, 4) is 0 Å². The average molecular weight is 298 g/mol. The molecule has 0 aromatic rings. The molecular formula is C13H21ClNNaO3. The van der Waals surface area contributed by atoms with Crippen LogP contribution < -0.4 is 5.32 Å². The Morgan fingerprint density at radius 2 is 2.00 bits per heavy atom. The van der Waals surface area contributed by atoms with E-state index in [1.165, 1.54) is 0 Å². The molecule has 0 aromatic heterocycles. The fraction of sp³-hybridized carbons (Fsp3) is 0.692. The predicted octanol–water partition coefficient (Wildman–Crippen LogP) is 1.88. The summed E-state index contributed by atoms with van der Waals surface area (Å²) in [7, 11) is 0. The number of aliphatic carboxylic acids is 1. The minimum atomic E-state index is -1.09. The van der Waals surface area contributed by atoms with Gasteiger partial charge in [-0.05, 0) is 31.1 Å². The van der Waals surface area contributed by atoms with Crippen LogP contribution in [0.2, 0.25) is 0 Å². The molecule has 0 bridgehead atoms. The zero-order chi connectivity index (χ0) is 13.8. The third-order valence-corrected chi connectivity index (χ3v) is 3.52. The molecule has 1 atom stereocenters. The molecule has 4 nitrogen and oxygen atoms in total. The summed E-state index contributed by atoms with van der Waals surface area (Å²) in [6, 6.07) is 0. The maximum atomic E-state index is 11.8. The number of nitrogens with one attached hydrogen (secondary N) is 1. The number of allylic oxidation sites excluding steroid dienone is 1. The van der Waals surface area contributed by atoms with Gasteiger partial charge in [0.25, 0.3) is 0 Å². The number of carbonyl (C=O) groups excluding carboxylic acids is 1. The second-order valence-corrected chi connectivity index (χ2v) is 5.72. The van der Waals surface area contributed by atoms with Crippen LogP contribution in [-0.4, -0.2) is 52.4 Å². The van der Waals surface area contributed by atoms with Crippen molar-refractivity contribution in [1.82, 2.24) is 5.32 Å². The molecule has 0 radical (unpaired) electrons. The summed E-state index contributed by atoms with van der Waals surface area (Å²) in [5.74, 6) is -0.777. The Kier molecular flexibility index (Phi) is 8.29. The zero-order valence-corrected chi connectivity index (χ0v) is 11.6. The molecule has 0 spiro atoms. The van der Waals surface area contributed by atoms with Crippen molar-refractivity contribution in [2.24, 2.45) is 11.3 Å². The fourth-order valence-corrected chi connectivity index (χ4v) is 2.00. The molecule has 6 heteroatoms. The molecule has 0 saturated heterocycles. The van der Waals surface area contributed by atoms with Gasteiger partial charge in [-0.3, -0.25) is 4.79 Å². The topological polar surface area (TPSA) is 66.4 Å². The number of hydrogen-bond donors (Lipinski definition) is 2. The van der Waals surface area contributed by atoms with Gasteiger partial charge in [-0.15, -0.1) is 11.6 Å². The Balaban J connectivity index is 0.00000324. The first-order valence-electron chi connectivity index (χ1n) is 6.19. The first-order valence-corrected chi connectivity index (χ1v) is 6.72. The van der Waals surface area contributed by atoms with Gasteiger partial charge in [0.2, 0.25) is 5.91 Å². The number of rotatable bonds is 7. The number of hydrogen-bond acceptors (Lipinski definition) is 2. The van der Waals surface area contributed by atoms with Crippen LogP contribution in [-0.2, 0) is 9.59 Å². The van der Waals surface area contributed by atoms with Gasteiger partial charge in [0.1, 0.15) is 5.70 Å². The third kappa shape index (κ3) is 6.30. The molecule has 0 heterocycles. The Hall–Kier alpha value is -0.0300. The van der Waals surface area contributed by atoms with Gasteiger partial charge >= 0.3 is 35.5 Å². The predicted molar refractivity (Wildman–Crippen MR) is 77.5 cm³/mol. The van der Waals surface area contributed by atoms with Gasteiger partial charge in [0.05, 0.1) is 0 Å². The Labute approximate surface area is 141 Å². The molecule has 1 fully saturated rings. The van der Waals surface area contributed by atoms with Gasteiger partial charge in [-0.2, -0.15) is 0 Å². The fourth-order valence-electron chi connectivity index (χ4n) is 1.81. The van der Waals surface area contributed by atoms with E-state index < -0.39 is 5.97 Å². The summed E-state index contributed by atoms with van der Waals surface area (Å²) in [5, 5.41) is 11.5. The summed E-state index contributed by atoms with van der Waals surface area (Å²) in [6.07, 6.45) is 4.66. The van der Waals surface area contributed by atoms with E-state index in [4.69, 9.17) is 16.7 Å². The molecule has 1 saturated carbocycles. The summed E-state index contributed by atoms with van der Waals surface area (Å²) in [5.41, 5.74) is -0.0101. The van der Waals surface area contributed by atoms with Crippen molar-refractivity contribution in [2.75, 3.05) is 5.88 Å². The minimum absolute atomic E-state index is 0. The number of alkyl halides is 1. The van der Waals surface area contributed by atoms with Crippen molar-refractivity contribution < 1.29 is 14.7 Å². The molecule has 0 aromatic carbocycles. The molecule has 1 aliphatic carbocycles. The molecular weight excluding hydrogens is 277 g/mol. The van der Waals surface area contributed by atoms with E-state index in [0.717, 1.165) is 19.3 Å². The van der Waals surface area contributed by atoms with Crippen LogP contribution in [0.5, 0.6) is 0 Å². The molecule has 19 heavy (non-hydrogen) atoms. The van der Waals surface area contributed by atoms with Gasteiger partial charge in [-0.25, -0.2) is 4.79 Å². The summed E-state index contributed by atoms with van der Waals surface area (Å²) in [6.45, 7) is 4.00. The molecule has 104 valence electrons. The molecule has 1 rings (SSSR count). The maximum absolute atomic E-state index is 11.8. The van der Waals surface area contributed by atoms with Crippen LogP contribution in [0.3, 0.4) is 0 Å². The molecule has 1 aliphatic rings. The van der Waals surface area contributed by atoms with Gasteiger partial charge in [-0.1, -0.05) is 19.9 Å². The standard InChI is InChI=1S/C13H20ClNO3.Na.H/c1-13(2)8-9(13)11(16)15-10(12(17)18)6-4-3-5-7-14;;/h6,9H,3-5,7-8H2,1-2H3,(H,15,16)(H,17,18);;/b10-6-;;/t9-;;/m1../s1. The summed E-state index contributed by atoms with van der Waals surface area (Å²) >= 11 is 5.54. The van der Waals surface area contributed by atoms with Gasteiger partial charge < -0.3 is 10.4 Å². The van der Waals surface area contributed by atoms with Crippen LogP contribution in [0.1, 0.15) is 39.5 Å². The molecule has 2 N–H and O–H groups in total. The van der Waals surface area contributed by atoms with Crippen molar-refractivity contribution in [1.29, 1.82) is 0 Å². The number of carbonyl (C=O) groups is 2. The number of carboxylic acids is 1. The van der Waals surface area contributed by atoms with E-state index in [1.54, 1.807) is 6.08 Å². The van der Waals surface area contributed by atoms with Crippen molar-refractivity contribution >= 4 is 53.0 Å². The van der Waals surface area contributed by atoms with Crippen LogP contribution in [0.25, 0.3) is 0 Å². The Bertz CT molecular complexity index is 369. The number of amides is 1. The SMILES string of the molecule is CC1(C)C[C@@H]1C(=O)N/C(=C\CCCCCl)C(=O)O.[NaH]. The van der Waals surface area contributed by atoms with Crippen molar-refractivity contribution in [3.63, 3.8) is 0 Å². The van der Waals surface area contributed by atoms with Crippen molar-refractivity contribution in [2.45, 2.75) is 39.5 Å². The first-order chi connectivity index (χ1) is 8.38. The normalized spacial score (nSPS) is 20.4. The molecule has 0 aliphatic heterocycles. The second kappa shape index (κ2) is 8.30. The molecule has 0 unspecified atom stereocenters. The van der Waals surface area contributed by atoms with E-state index in [0.29, 0.717) is 12.3 Å². The van der Waals surface area contributed by atoms with E-state index >= 15 is 0 Å². The van der Waals surface area contributed by atoms with Crippen LogP contribution in [0, 0.1) is 11.3 Å². The van der Waals surface area contributed by atoms with E-state index in [-0.39, 0.29) is 52.5 Å². The average Bonchev–Trinajstić information content (AvgIpc) is 2.92. The third-order valence-electron chi connectivity index (χ3n) is 3.25. The quantitative estimate of drug-likeness (QED) is 0.326. The zero-order valence-electron chi connectivity index (χ0n) is 10.8. The number of halogens is 1. The summed E-state index contributed by atoms with van der Waals surface area (Å²) < 4.78 is 0. The van der Waals surface area contributed by atoms with E-state index in [1.807, 2.05) is 13.8 Å². The van der Waals surface area contributed by atoms with Gasteiger partial charge in [0.15, 0.2) is 0 Å². The monoisotopic (exact) mass is 297 g/mol. The van der Waals surface area contributed by atoms with E-state index in [9.17, 15) is 9.59 Å². The van der Waals surface area contributed by atoms with E-state index in [2.05, 4.69) is 5.32 Å². The second-order valence-electron chi connectivity index (χ2n) is 5.34. The van der Waals surface area contributed by atoms with Crippen LogP contribution in [0.4, 0.5) is 0 Å². The first kappa shape index (κ1) is 19.0. The Morgan fingerprint density at radius 1 is 1.42 bits per heavy atom. The summed E-state index contributed by atoms with van der Waals surface area (Å²) in [4.78, 5) is 22.8.